The molecular formula is C20H24FN3S. The highest BCUT2D eigenvalue weighted by atomic mass is 32.1. The largest absolute Gasteiger partial charge is 0.346 e. The molecule has 0 aromatic heterocycles. The summed E-state index contributed by atoms with van der Waals surface area (Å²) in [5, 5.41) is 4.16. The van der Waals surface area contributed by atoms with Gasteiger partial charge < -0.3 is 10.2 Å². The molecule has 1 aliphatic rings. The van der Waals surface area contributed by atoms with E-state index < -0.39 is 0 Å². The van der Waals surface area contributed by atoms with Crippen LogP contribution >= 0.6 is 12.2 Å². The van der Waals surface area contributed by atoms with Gasteiger partial charge in [-0.05, 0) is 61.0 Å². The monoisotopic (exact) mass is 357 g/mol. The van der Waals surface area contributed by atoms with Gasteiger partial charge in [-0.1, -0.05) is 24.3 Å². The van der Waals surface area contributed by atoms with E-state index in [0.29, 0.717) is 0 Å². The van der Waals surface area contributed by atoms with Crippen molar-refractivity contribution in [2.45, 2.75) is 20.4 Å². The maximum atomic E-state index is 13.3. The number of thiocarbonyl (C=S) groups is 1. The van der Waals surface area contributed by atoms with Gasteiger partial charge in [-0.25, -0.2) is 4.39 Å². The number of hydrogen-bond donors (Lipinski definition) is 1. The van der Waals surface area contributed by atoms with Crippen molar-refractivity contribution in [3.8, 4) is 0 Å². The zero-order valence-electron chi connectivity index (χ0n) is 14.8. The van der Waals surface area contributed by atoms with E-state index in [9.17, 15) is 4.39 Å². The van der Waals surface area contributed by atoms with Crippen LogP contribution in [0.25, 0.3) is 0 Å². The van der Waals surface area contributed by atoms with E-state index >= 15 is 0 Å². The summed E-state index contributed by atoms with van der Waals surface area (Å²) < 4.78 is 13.3. The molecule has 0 atom stereocenters. The summed E-state index contributed by atoms with van der Waals surface area (Å²) in [6.07, 6.45) is 0. The molecule has 25 heavy (non-hydrogen) atoms. The Morgan fingerprint density at radius 1 is 1.08 bits per heavy atom. The summed E-state index contributed by atoms with van der Waals surface area (Å²) in [5.74, 6) is -0.171. The lowest BCUT2D eigenvalue weighted by Crippen LogP contribution is -2.49. The average Bonchev–Trinajstić information content (AvgIpc) is 2.59. The summed E-state index contributed by atoms with van der Waals surface area (Å²) >= 11 is 5.59. The second-order valence-electron chi connectivity index (χ2n) is 6.64. The Morgan fingerprint density at radius 2 is 1.84 bits per heavy atom. The fraction of sp³-hybridized carbons (Fsp3) is 0.350. The van der Waals surface area contributed by atoms with E-state index in [2.05, 4.69) is 47.2 Å². The quantitative estimate of drug-likeness (QED) is 0.838. The lowest BCUT2D eigenvalue weighted by molar-refractivity contribution is 0.177. The van der Waals surface area contributed by atoms with Gasteiger partial charge in [-0.15, -0.1) is 0 Å². The van der Waals surface area contributed by atoms with Crippen LogP contribution in [0, 0.1) is 19.7 Å². The molecule has 5 heteroatoms. The summed E-state index contributed by atoms with van der Waals surface area (Å²) in [6.45, 7) is 8.55. The van der Waals surface area contributed by atoms with Crippen molar-refractivity contribution in [1.82, 2.24) is 9.80 Å². The molecule has 0 saturated carbocycles. The highest BCUT2D eigenvalue weighted by Gasteiger charge is 2.19. The van der Waals surface area contributed by atoms with Crippen molar-refractivity contribution in [1.29, 1.82) is 0 Å². The van der Waals surface area contributed by atoms with Gasteiger partial charge in [0.15, 0.2) is 5.11 Å². The Balaban J connectivity index is 1.53. The van der Waals surface area contributed by atoms with Gasteiger partial charge in [0, 0.05) is 38.4 Å². The molecule has 2 aromatic rings. The molecular weight excluding hydrogens is 333 g/mol. The predicted octanol–water partition coefficient (Wildman–Crippen LogP) is 3.96. The van der Waals surface area contributed by atoms with Crippen LogP contribution in [0.1, 0.15) is 16.7 Å². The number of anilines is 1. The minimum Gasteiger partial charge on any atom is -0.346 e. The summed E-state index contributed by atoms with van der Waals surface area (Å²) in [4.78, 5) is 4.55. The van der Waals surface area contributed by atoms with Gasteiger partial charge >= 0.3 is 0 Å². The lowest BCUT2D eigenvalue weighted by Gasteiger charge is -2.36. The fourth-order valence-corrected chi connectivity index (χ4v) is 3.36. The molecule has 3 nitrogen and oxygen atoms in total. The van der Waals surface area contributed by atoms with Crippen LogP contribution in [0.4, 0.5) is 10.1 Å². The van der Waals surface area contributed by atoms with Gasteiger partial charge in [0.2, 0.25) is 0 Å². The number of benzene rings is 2. The van der Waals surface area contributed by atoms with Crippen molar-refractivity contribution < 1.29 is 4.39 Å². The van der Waals surface area contributed by atoms with Crippen LogP contribution in [0.15, 0.2) is 42.5 Å². The van der Waals surface area contributed by atoms with Crippen molar-refractivity contribution in [2.24, 2.45) is 0 Å². The molecule has 0 bridgehead atoms. The maximum absolute atomic E-state index is 13.3. The number of aryl methyl sites for hydroxylation is 2. The molecule has 3 rings (SSSR count). The molecule has 0 spiro atoms. The average molecular weight is 357 g/mol. The van der Waals surface area contributed by atoms with E-state index in [1.54, 1.807) is 12.1 Å². The Morgan fingerprint density at radius 3 is 2.56 bits per heavy atom. The number of piperazine rings is 1. The number of nitrogens with one attached hydrogen (secondary N) is 1. The third-order valence-electron chi connectivity index (χ3n) is 4.59. The molecule has 1 fully saturated rings. The topological polar surface area (TPSA) is 18.5 Å². The first kappa shape index (κ1) is 17.8. The summed E-state index contributed by atoms with van der Waals surface area (Å²) in [6, 6.07) is 13.2. The number of rotatable bonds is 3. The van der Waals surface area contributed by atoms with Crippen LogP contribution in [-0.2, 0) is 6.54 Å². The minimum absolute atomic E-state index is 0.171. The van der Waals surface area contributed by atoms with Crippen LogP contribution < -0.4 is 5.32 Å². The van der Waals surface area contributed by atoms with Gasteiger partial charge in [0.25, 0.3) is 0 Å². The third-order valence-corrected chi connectivity index (χ3v) is 4.95. The minimum atomic E-state index is -0.171. The molecule has 0 unspecified atom stereocenters. The zero-order chi connectivity index (χ0) is 17.8. The standard InChI is InChI=1S/C20H24FN3S/c1-15-6-7-16(2)19(12-15)22-20(25)24-10-8-23(9-11-24)14-17-4-3-5-18(21)13-17/h3-7,12-13H,8-11,14H2,1-2H3,(H,22,25). The maximum Gasteiger partial charge on any atom is 0.173 e. The molecule has 2 aromatic carbocycles. The van der Waals surface area contributed by atoms with E-state index in [4.69, 9.17) is 12.2 Å². The number of nitrogens with zero attached hydrogens (tertiary/aromatic N) is 2. The van der Waals surface area contributed by atoms with Crippen molar-refractivity contribution >= 4 is 23.0 Å². The number of hydrogen-bond acceptors (Lipinski definition) is 2. The van der Waals surface area contributed by atoms with Crippen LogP contribution in [-0.4, -0.2) is 41.1 Å². The van der Waals surface area contributed by atoms with Crippen molar-refractivity contribution in [3.63, 3.8) is 0 Å². The SMILES string of the molecule is Cc1ccc(C)c(NC(=S)N2CCN(Cc3cccc(F)c3)CC2)c1. The van der Waals surface area contributed by atoms with Gasteiger partial charge in [0.1, 0.15) is 5.82 Å². The molecule has 1 saturated heterocycles. The van der Waals surface area contributed by atoms with Crippen LogP contribution in [0.5, 0.6) is 0 Å². The highest BCUT2D eigenvalue weighted by molar-refractivity contribution is 7.80. The Labute approximate surface area is 154 Å². The van der Waals surface area contributed by atoms with E-state index in [1.807, 2.05) is 6.07 Å². The Bertz CT molecular complexity index is 754. The molecule has 132 valence electrons. The van der Waals surface area contributed by atoms with Gasteiger partial charge in [-0.3, -0.25) is 4.90 Å². The smallest absolute Gasteiger partial charge is 0.173 e. The molecule has 0 amide bonds. The zero-order valence-corrected chi connectivity index (χ0v) is 15.6. The first-order valence-corrected chi connectivity index (χ1v) is 9.02. The Hall–Kier alpha value is -1.98. The third kappa shape index (κ3) is 4.77. The summed E-state index contributed by atoms with van der Waals surface area (Å²) in [5.41, 5.74) is 4.50. The number of halogens is 1. The molecule has 1 N–H and O–H groups in total. The molecule has 1 aliphatic heterocycles. The Kier molecular flexibility index (Phi) is 5.66. The molecule has 1 heterocycles. The highest BCUT2D eigenvalue weighted by Crippen LogP contribution is 2.18. The van der Waals surface area contributed by atoms with E-state index in [-0.39, 0.29) is 5.82 Å². The van der Waals surface area contributed by atoms with Gasteiger partial charge in [-0.2, -0.15) is 0 Å². The molecule has 0 aliphatic carbocycles. The first-order chi connectivity index (χ1) is 12.0. The normalized spacial score (nSPS) is 15.2. The van der Waals surface area contributed by atoms with Gasteiger partial charge in [0.05, 0.1) is 0 Å². The van der Waals surface area contributed by atoms with E-state index in [0.717, 1.165) is 49.1 Å². The van der Waals surface area contributed by atoms with Crippen molar-refractivity contribution in [3.05, 3.63) is 65.0 Å². The second-order valence-corrected chi connectivity index (χ2v) is 7.03. The predicted molar refractivity (Wildman–Crippen MR) is 105 cm³/mol. The van der Waals surface area contributed by atoms with Crippen LogP contribution in [0.2, 0.25) is 0 Å². The molecule has 0 radical (unpaired) electrons. The van der Waals surface area contributed by atoms with E-state index in [1.165, 1.54) is 17.2 Å². The van der Waals surface area contributed by atoms with Crippen molar-refractivity contribution in [2.75, 3.05) is 31.5 Å². The summed E-state index contributed by atoms with van der Waals surface area (Å²) in [7, 11) is 0. The second kappa shape index (κ2) is 7.93. The fourth-order valence-electron chi connectivity index (χ4n) is 3.07. The lowest BCUT2D eigenvalue weighted by atomic mass is 10.1. The van der Waals surface area contributed by atoms with Crippen LogP contribution in [0.3, 0.4) is 0 Å². The first-order valence-electron chi connectivity index (χ1n) is 8.61.